The summed E-state index contributed by atoms with van der Waals surface area (Å²) >= 11 is 0. The van der Waals surface area contributed by atoms with Gasteiger partial charge in [0.15, 0.2) is 0 Å². The monoisotopic (exact) mass is 370 g/mol. The molecule has 3 aromatic heterocycles. The summed E-state index contributed by atoms with van der Waals surface area (Å²) in [7, 11) is 0. The molecule has 0 atom stereocenters. The van der Waals surface area contributed by atoms with Crippen LogP contribution in [0.25, 0.3) is 11.1 Å². The number of anilines is 2. The molecule has 7 nitrogen and oxygen atoms in total. The predicted octanol–water partition coefficient (Wildman–Crippen LogP) is 3.78. The van der Waals surface area contributed by atoms with Crippen molar-refractivity contribution >= 4 is 17.3 Å². The van der Waals surface area contributed by atoms with E-state index in [2.05, 4.69) is 25.8 Å². The van der Waals surface area contributed by atoms with Gasteiger partial charge in [0.25, 0.3) is 5.91 Å². The molecule has 7 heteroatoms. The molecule has 3 heterocycles. The van der Waals surface area contributed by atoms with E-state index >= 15 is 0 Å². The van der Waals surface area contributed by atoms with E-state index < -0.39 is 0 Å². The number of hydrogen-bond donors (Lipinski definition) is 2. The average molecular weight is 370 g/mol. The molecule has 0 aliphatic rings. The van der Waals surface area contributed by atoms with E-state index in [0.717, 1.165) is 22.4 Å². The van der Waals surface area contributed by atoms with E-state index in [1.165, 1.54) is 0 Å². The molecule has 0 spiro atoms. The summed E-state index contributed by atoms with van der Waals surface area (Å²) in [6, 6.07) is 12.9. The summed E-state index contributed by atoms with van der Waals surface area (Å²) in [5, 5.41) is 7.25. The zero-order valence-corrected chi connectivity index (χ0v) is 15.2. The quantitative estimate of drug-likeness (QED) is 0.558. The highest BCUT2D eigenvalue weighted by Crippen LogP contribution is 2.22. The fourth-order valence-electron chi connectivity index (χ4n) is 2.72. The largest absolute Gasteiger partial charge is 0.322 e. The van der Waals surface area contributed by atoms with E-state index in [4.69, 9.17) is 0 Å². The average Bonchev–Trinajstić information content (AvgIpc) is 3.20. The number of nitrogens with zero attached hydrogens (tertiary/aromatic N) is 4. The Kier molecular flexibility index (Phi) is 4.79. The summed E-state index contributed by atoms with van der Waals surface area (Å²) < 4.78 is 0. The van der Waals surface area contributed by atoms with Gasteiger partial charge in [0.05, 0.1) is 18.1 Å². The molecule has 28 heavy (non-hydrogen) atoms. The molecule has 4 aromatic rings. The Hall–Kier alpha value is -4.00. The van der Waals surface area contributed by atoms with Gasteiger partial charge in [0.1, 0.15) is 0 Å². The molecule has 1 amide bonds. The molecule has 0 radical (unpaired) electrons. The van der Waals surface area contributed by atoms with Crippen LogP contribution < -0.4 is 10.7 Å². The van der Waals surface area contributed by atoms with Crippen molar-refractivity contribution in [3.8, 4) is 11.1 Å². The maximum absolute atomic E-state index is 12.3. The van der Waals surface area contributed by atoms with Crippen LogP contribution in [0.5, 0.6) is 0 Å². The van der Waals surface area contributed by atoms with Crippen LogP contribution in [-0.4, -0.2) is 25.8 Å². The molecule has 138 valence electrons. The van der Waals surface area contributed by atoms with Crippen LogP contribution in [0.4, 0.5) is 11.4 Å². The van der Waals surface area contributed by atoms with Crippen molar-refractivity contribution < 1.29 is 4.79 Å². The molecule has 0 aliphatic carbocycles. The molecule has 0 bridgehead atoms. The van der Waals surface area contributed by atoms with Crippen LogP contribution in [0.15, 0.2) is 79.6 Å². The van der Waals surface area contributed by atoms with E-state index in [9.17, 15) is 4.79 Å². The number of aryl methyl sites for hydroxylation is 1. The van der Waals surface area contributed by atoms with Crippen molar-refractivity contribution in [2.24, 2.45) is 0 Å². The molecule has 2 N–H and O–H groups in total. The first-order valence-electron chi connectivity index (χ1n) is 8.73. The SMILES string of the molecule is Cc1ccc(NC(=O)c2ccncc2)cc1Nn1cc(-c2cccnc2)cn1. The highest BCUT2D eigenvalue weighted by atomic mass is 16.1. The second kappa shape index (κ2) is 7.71. The number of rotatable bonds is 5. The van der Waals surface area contributed by atoms with Gasteiger partial charge in [-0.05, 0) is 42.8 Å². The normalized spacial score (nSPS) is 10.5. The molecular formula is C21H18N6O. The first kappa shape index (κ1) is 17.4. The number of aromatic nitrogens is 4. The number of benzene rings is 1. The van der Waals surface area contributed by atoms with Gasteiger partial charge in [0, 0.05) is 47.2 Å². The van der Waals surface area contributed by atoms with Gasteiger partial charge in [0.2, 0.25) is 0 Å². The Bertz CT molecular complexity index is 1090. The first-order chi connectivity index (χ1) is 13.7. The molecule has 1 aromatic carbocycles. The lowest BCUT2D eigenvalue weighted by Crippen LogP contribution is -2.13. The van der Waals surface area contributed by atoms with Gasteiger partial charge < -0.3 is 5.32 Å². The number of carbonyl (C=O) groups is 1. The smallest absolute Gasteiger partial charge is 0.255 e. The minimum absolute atomic E-state index is 0.185. The summed E-state index contributed by atoms with van der Waals surface area (Å²) in [6.07, 6.45) is 10.4. The zero-order chi connectivity index (χ0) is 19.3. The second-order valence-corrected chi connectivity index (χ2v) is 6.25. The van der Waals surface area contributed by atoms with Gasteiger partial charge in [-0.3, -0.25) is 20.2 Å². The highest BCUT2D eigenvalue weighted by Gasteiger charge is 2.08. The lowest BCUT2D eigenvalue weighted by atomic mass is 10.1. The maximum atomic E-state index is 12.3. The van der Waals surface area contributed by atoms with Crippen molar-refractivity contribution in [2.75, 3.05) is 10.7 Å². The molecule has 0 aliphatic heterocycles. The van der Waals surface area contributed by atoms with Crippen LogP contribution in [0, 0.1) is 6.92 Å². The second-order valence-electron chi connectivity index (χ2n) is 6.25. The van der Waals surface area contributed by atoms with Crippen molar-refractivity contribution in [3.05, 3.63) is 90.8 Å². The minimum Gasteiger partial charge on any atom is -0.322 e. The molecule has 0 fully saturated rings. The van der Waals surface area contributed by atoms with Crippen molar-refractivity contribution in [2.45, 2.75) is 6.92 Å². The number of nitrogens with one attached hydrogen (secondary N) is 2. The lowest BCUT2D eigenvalue weighted by Gasteiger charge is -2.12. The summed E-state index contributed by atoms with van der Waals surface area (Å²) in [5.41, 5.74) is 8.30. The Morgan fingerprint density at radius 1 is 0.964 bits per heavy atom. The van der Waals surface area contributed by atoms with Crippen LogP contribution in [0.1, 0.15) is 15.9 Å². The minimum atomic E-state index is -0.185. The molecule has 0 unspecified atom stereocenters. The molecule has 0 saturated carbocycles. The Labute approximate surface area is 162 Å². The van der Waals surface area contributed by atoms with Crippen molar-refractivity contribution in [1.82, 2.24) is 19.9 Å². The number of pyridine rings is 2. The molecular weight excluding hydrogens is 352 g/mol. The van der Waals surface area contributed by atoms with E-state index in [0.29, 0.717) is 11.3 Å². The van der Waals surface area contributed by atoms with Crippen molar-refractivity contribution in [1.29, 1.82) is 0 Å². The number of carbonyl (C=O) groups excluding carboxylic acids is 1. The topological polar surface area (TPSA) is 84.7 Å². The van der Waals surface area contributed by atoms with Gasteiger partial charge in [-0.2, -0.15) is 9.89 Å². The standard InChI is InChI=1S/C21H18N6O/c1-15-4-5-19(25-21(28)16-6-9-22-10-7-16)11-20(15)26-27-14-18(13-24-27)17-3-2-8-23-12-17/h2-14,26H,1H3,(H,25,28). The fraction of sp³-hybridized carbons (Fsp3) is 0.0476. The zero-order valence-electron chi connectivity index (χ0n) is 15.2. The van der Waals surface area contributed by atoms with Gasteiger partial charge in [-0.1, -0.05) is 12.1 Å². The maximum Gasteiger partial charge on any atom is 0.255 e. The third-order valence-electron chi connectivity index (χ3n) is 4.25. The summed E-state index contributed by atoms with van der Waals surface area (Å²) in [5.74, 6) is -0.185. The number of hydrogen-bond acceptors (Lipinski definition) is 5. The third-order valence-corrected chi connectivity index (χ3v) is 4.25. The van der Waals surface area contributed by atoms with E-state index in [1.807, 2.05) is 43.5 Å². The van der Waals surface area contributed by atoms with Gasteiger partial charge in [-0.25, -0.2) is 0 Å². The van der Waals surface area contributed by atoms with Crippen LogP contribution in [0.3, 0.4) is 0 Å². The van der Waals surface area contributed by atoms with Crippen LogP contribution >= 0.6 is 0 Å². The van der Waals surface area contributed by atoms with Crippen LogP contribution in [-0.2, 0) is 0 Å². The van der Waals surface area contributed by atoms with E-state index in [-0.39, 0.29) is 5.91 Å². The molecule has 0 saturated heterocycles. The van der Waals surface area contributed by atoms with Gasteiger partial charge in [-0.15, -0.1) is 0 Å². The van der Waals surface area contributed by atoms with E-state index in [1.54, 1.807) is 47.9 Å². The predicted molar refractivity (Wildman–Crippen MR) is 108 cm³/mol. The summed E-state index contributed by atoms with van der Waals surface area (Å²) in [6.45, 7) is 1.99. The lowest BCUT2D eigenvalue weighted by molar-refractivity contribution is 0.102. The van der Waals surface area contributed by atoms with Crippen LogP contribution in [0.2, 0.25) is 0 Å². The Morgan fingerprint density at radius 3 is 2.61 bits per heavy atom. The highest BCUT2D eigenvalue weighted by molar-refractivity contribution is 6.04. The van der Waals surface area contributed by atoms with Gasteiger partial charge >= 0.3 is 0 Å². The molecule has 4 rings (SSSR count). The third kappa shape index (κ3) is 3.88. The number of amides is 1. The van der Waals surface area contributed by atoms with Crippen molar-refractivity contribution in [3.63, 3.8) is 0 Å². The summed E-state index contributed by atoms with van der Waals surface area (Å²) in [4.78, 5) is 22.0. The fourth-order valence-corrected chi connectivity index (χ4v) is 2.72. The Morgan fingerprint density at radius 2 is 1.82 bits per heavy atom. The Balaban J connectivity index is 1.52. The first-order valence-corrected chi connectivity index (χ1v) is 8.73.